The largest absolute Gasteiger partial charge is 0.240 e. The van der Waals surface area contributed by atoms with Crippen LogP contribution >= 0.6 is 22.9 Å². The van der Waals surface area contributed by atoms with Gasteiger partial charge in [0.25, 0.3) is 0 Å². The summed E-state index contributed by atoms with van der Waals surface area (Å²) in [6.45, 7) is 0. The van der Waals surface area contributed by atoms with E-state index in [9.17, 15) is 0 Å². The van der Waals surface area contributed by atoms with Crippen molar-refractivity contribution >= 4 is 33.3 Å². The van der Waals surface area contributed by atoms with Crippen molar-refractivity contribution in [1.29, 1.82) is 0 Å². The molecule has 2 aromatic heterocycles. The van der Waals surface area contributed by atoms with Crippen molar-refractivity contribution in [2.75, 3.05) is 0 Å². The third-order valence-corrected chi connectivity index (χ3v) is 2.10. The third-order valence-electron chi connectivity index (χ3n) is 1.09. The predicted octanol–water partition coefficient (Wildman–Crippen LogP) is 2.38. The monoisotopic (exact) mass is 187 g/mol. The Balaban J connectivity index is 0.000000605. The normalized spacial score (nSPS) is 9.55. The summed E-state index contributed by atoms with van der Waals surface area (Å²) in [5, 5.41) is 0.422. The molecule has 0 saturated carbocycles. The van der Waals surface area contributed by atoms with Crippen LogP contribution in [0, 0.1) is 0 Å². The van der Waals surface area contributed by atoms with Crippen LogP contribution in [-0.4, -0.2) is 15.0 Å². The first-order valence-electron chi connectivity index (χ1n) is 2.57. The predicted molar refractivity (Wildman–Crippen MR) is 47.0 cm³/mol. The van der Waals surface area contributed by atoms with E-state index in [1.807, 2.05) is 0 Å². The Morgan fingerprint density at radius 3 is 2.82 bits per heavy atom. The van der Waals surface area contributed by atoms with Gasteiger partial charge in [0.2, 0.25) is 0 Å². The second kappa shape index (κ2) is 3.11. The van der Waals surface area contributed by atoms with E-state index in [2.05, 4.69) is 15.0 Å². The Morgan fingerprint density at radius 1 is 1.27 bits per heavy atom. The maximum absolute atomic E-state index is 5.69. The third kappa shape index (κ3) is 1.32. The lowest BCUT2D eigenvalue weighted by molar-refractivity contribution is 1.22. The van der Waals surface area contributed by atoms with Crippen LogP contribution in [0.2, 0.25) is 5.15 Å². The minimum atomic E-state index is 0. The van der Waals surface area contributed by atoms with Crippen LogP contribution in [0.3, 0.4) is 0 Å². The molecule has 0 aliphatic carbocycles. The van der Waals surface area contributed by atoms with Crippen LogP contribution in [0.4, 0.5) is 0 Å². The van der Waals surface area contributed by atoms with E-state index in [1.165, 1.54) is 17.7 Å². The Kier molecular flexibility index (Phi) is 2.36. The van der Waals surface area contributed by atoms with Gasteiger partial charge in [0.05, 0.1) is 5.51 Å². The molecule has 58 valence electrons. The maximum Gasteiger partial charge on any atom is 0.159 e. The first kappa shape index (κ1) is 8.36. The Morgan fingerprint density at radius 2 is 2.09 bits per heavy atom. The molecule has 0 aromatic carbocycles. The first-order chi connectivity index (χ1) is 4.88. The Bertz CT molecular complexity index is 359. The highest BCUT2D eigenvalue weighted by molar-refractivity contribution is 7.16. The van der Waals surface area contributed by atoms with E-state index in [1.54, 1.807) is 5.51 Å². The summed E-state index contributed by atoms with van der Waals surface area (Å²) < 4.78 is 0. The number of rotatable bonds is 0. The average molecular weight is 188 g/mol. The molecule has 0 radical (unpaired) electrons. The molecule has 0 saturated heterocycles. The fourth-order valence-corrected chi connectivity index (χ4v) is 1.53. The van der Waals surface area contributed by atoms with Crippen molar-refractivity contribution in [3.8, 4) is 0 Å². The van der Waals surface area contributed by atoms with Crippen LogP contribution in [0.1, 0.15) is 7.43 Å². The molecule has 5 heteroatoms. The summed E-state index contributed by atoms with van der Waals surface area (Å²) in [4.78, 5) is 12.6. The summed E-state index contributed by atoms with van der Waals surface area (Å²) >= 11 is 7.15. The zero-order chi connectivity index (χ0) is 6.97. The van der Waals surface area contributed by atoms with E-state index in [4.69, 9.17) is 11.6 Å². The number of thiazole rings is 1. The van der Waals surface area contributed by atoms with Crippen molar-refractivity contribution in [2.24, 2.45) is 0 Å². The van der Waals surface area contributed by atoms with Crippen LogP contribution < -0.4 is 0 Å². The molecule has 0 amide bonds. The maximum atomic E-state index is 5.69. The molecular weight excluding hydrogens is 182 g/mol. The summed E-state index contributed by atoms with van der Waals surface area (Å²) in [7, 11) is 0. The number of halogens is 1. The zero-order valence-electron chi connectivity index (χ0n) is 4.78. The number of hydrogen-bond acceptors (Lipinski definition) is 4. The molecule has 11 heavy (non-hydrogen) atoms. The minimum Gasteiger partial charge on any atom is -0.240 e. The molecule has 0 fully saturated rings. The van der Waals surface area contributed by atoms with Gasteiger partial charge in [-0.25, -0.2) is 15.0 Å². The molecule has 2 aromatic rings. The SMILES string of the molecule is C.Clc1ncnc2scnc12. The van der Waals surface area contributed by atoms with Gasteiger partial charge in [-0.15, -0.1) is 11.3 Å². The topological polar surface area (TPSA) is 38.7 Å². The molecule has 0 bridgehead atoms. The summed E-state index contributed by atoms with van der Waals surface area (Å²) in [5.41, 5.74) is 2.39. The van der Waals surface area contributed by atoms with Gasteiger partial charge in [0, 0.05) is 0 Å². The fourth-order valence-electron chi connectivity index (χ4n) is 0.666. The Hall–Kier alpha value is -0.740. The molecule has 2 rings (SSSR count). The highest BCUT2D eigenvalue weighted by atomic mass is 35.5. The number of aromatic nitrogens is 3. The summed E-state index contributed by atoms with van der Waals surface area (Å²) in [6, 6.07) is 0. The quantitative estimate of drug-likeness (QED) is 0.595. The number of fused-ring (bicyclic) bond motifs is 1. The van der Waals surface area contributed by atoms with Crippen LogP contribution in [-0.2, 0) is 0 Å². The summed E-state index contributed by atoms with van der Waals surface area (Å²) in [6.07, 6.45) is 1.43. The zero-order valence-corrected chi connectivity index (χ0v) is 6.35. The second-order valence-corrected chi connectivity index (χ2v) is 2.86. The lowest BCUT2D eigenvalue weighted by atomic mass is 10.6. The van der Waals surface area contributed by atoms with E-state index in [-0.39, 0.29) is 7.43 Å². The second-order valence-electron chi connectivity index (χ2n) is 1.67. The van der Waals surface area contributed by atoms with Gasteiger partial charge in [-0.3, -0.25) is 0 Å². The highest BCUT2D eigenvalue weighted by Gasteiger charge is 2.01. The van der Waals surface area contributed by atoms with Gasteiger partial charge >= 0.3 is 0 Å². The molecule has 0 aliphatic heterocycles. The van der Waals surface area contributed by atoms with Crippen molar-refractivity contribution in [2.45, 2.75) is 7.43 Å². The molecule has 0 unspecified atom stereocenters. The van der Waals surface area contributed by atoms with E-state index in [0.717, 1.165) is 4.83 Å². The smallest absolute Gasteiger partial charge is 0.159 e. The van der Waals surface area contributed by atoms with Crippen molar-refractivity contribution in [3.63, 3.8) is 0 Å². The van der Waals surface area contributed by atoms with Gasteiger partial charge in [0.1, 0.15) is 16.7 Å². The molecule has 3 nitrogen and oxygen atoms in total. The van der Waals surface area contributed by atoms with Crippen LogP contribution in [0.5, 0.6) is 0 Å². The molecular formula is C6H6ClN3S. The molecule has 0 spiro atoms. The van der Waals surface area contributed by atoms with E-state index >= 15 is 0 Å². The van der Waals surface area contributed by atoms with E-state index < -0.39 is 0 Å². The van der Waals surface area contributed by atoms with Gasteiger partial charge in [0.15, 0.2) is 5.15 Å². The first-order valence-corrected chi connectivity index (χ1v) is 3.83. The lowest BCUT2D eigenvalue weighted by Gasteiger charge is -1.86. The van der Waals surface area contributed by atoms with Gasteiger partial charge in [-0.1, -0.05) is 19.0 Å². The van der Waals surface area contributed by atoms with Gasteiger partial charge in [-0.05, 0) is 0 Å². The average Bonchev–Trinajstić information content (AvgIpc) is 2.36. The molecule has 0 N–H and O–H groups in total. The van der Waals surface area contributed by atoms with Crippen LogP contribution in [0.25, 0.3) is 10.3 Å². The number of hydrogen-bond donors (Lipinski definition) is 0. The van der Waals surface area contributed by atoms with E-state index in [0.29, 0.717) is 10.7 Å². The van der Waals surface area contributed by atoms with Gasteiger partial charge < -0.3 is 0 Å². The highest BCUT2D eigenvalue weighted by Crippen LogP contribution is 2.19. The summed E-state index contributed by atoms with van der Waals surface area (Å²) in [5.74, 6) is 0. The van der Waals surface area contributed by atoms with Crippen molar-refractivity contribution in [1.82, 2.24) is 15.0 Å². The molecule has 0 aliphatic rings. The lowest BCUT2D eigenvalue weighted by Crippen LogP contribution is -1.78. The number of nitrogens with zero attached hydrogens (tertiary/aromatic N) is 3. The van der Waals surface area contributed by atoms with Crippen molar-refractivity contribution < 1.29 is 0 Å². The molecule has 2 heterocycles. The fraction of sp³-hybridized carbons (Fsp3) is 0.167. The molecule has 0 atom stereocenters. The van der Waals surface area contributed by atoms with Crippen LogP contribution in [0.15, 0.2) is 11.8 Å². The Labute approximate surface area is 73.1 Å². The standard InChI is InChI=1S/C5H2ClN3S.CH4/c6-4-3-5(8-1-7-4)10-2-9-3;/h1-2H;1H4. The van der Waals surface area contributed by atoms with Gasteiger partial charge in [-0.2, -0.15) is 0 Å². The minimum absolute atomic E-state index is 0. The van der Waals surface area contributed by atoms with Crippen molar-refractivity contribution in [3.05, 3.63) is 17.0 Å².